The number of pyridine rings is 1. The Bertz CT molecular complexity index is 1000. The second kappa shape index (κ2) is 10.5. The molecule has 0 spiro atoms. The molecule has 6 nitrogen and oxygen atoms in total. The Morgan fingerprint density at radius 2 is 2.17 bits per heavy atom. The van der Waals surface area contributed by atoms with E-state index in [9.17, 15) is 4.79 Å². The van der Waals surface area contributed by atoms with Gasteiger partial charge in [0.05, 0.1) is 25.5 Å². The van der Waals surface area contributed by atoms with E-state index in [2.05, 4.69) is 22.2 Å². The molecule has 7 heteroatoms. The van der Waals surface area contributed by atoms with E-state index >= 15 is 0 Å². The lowest BCUT2D eigenvalue weighted by Gasteiger charge is -2.11. The van der Waals surface area contributed by atoms with Gasteiger partial charge in [0.1, 0.15) is 5.01 Å². The first-order chi connectivity index (χ1) is 14.6. The van der Waals surface area contributed by atoms with Crippen LogP contribution in [-0.2, 0) is 4.79 Å². The number of rotatable bonds is 9. The van der Waals surface area contributed by atoms with Crippen LogP contribution in [0.5, 0.6) is 11.5 Å². The van der Waals surface area contributed by atoms with Crippen LogP contribution in [0.4, 0.5) is 0 Å². The Morgan fingerprint density at radius 1 is 1.30 bits per heavy atom. The summed E-state index contributed by atoms with van der Waals surface area (Å²) in [6.45, 7) is 4.60. The van der Waals surface area contributed by atoms with E-state index in [1.54, 1.807) is 25.6 Å². The molecule has 1 amide bonds. The lowest BCUT2D eigenvalue weighted by atomic mass is 10.2. The fourth-order valence-corrected chi connectivity index (χ4v) is 3.58. The quantitative estimate of drug-likeness (QED) is 0.496. The number of nitrogens with zero attached hydrogens (tertiary/aromatic N) is 2. The second-order valence-corrected chi connectivity index (χ2v) is 7.52. The Hall–Kier alpha value is -3.19. The summed E-state index contributed by atoms with van der Waals surface area (Å²) < 4.78 is 11.0. The Balaban J connectivity index is 1.61. The lowest BCUT2D eigenvalue weighted by Crippen LogP contribution is -2.24. The van der Waals surface area contributed by atoms with Crippen LogP contribution >= 0.6 is 11.3 Å². The van der Waals surface area contributed by atoms with Crippen LogP contribution in [0.2, 0.25) is 0 Å². The molecule has 0 saturated heterocycles. The van der Waals surface area contributed by atoms with Crippen LogP contribution in [0.1, 0.15) is 36.9 Å². The van der Waals surface area contributed by atoms with Gasteiger partial charge in [0.25, 0.3) is 0 Å². The van der Waals surface area contributed by atoms with Crippen LogP contribution in [0.25, 0.3) is 17.3 Å². The largest absolute Gasteiger partial charge is 0.493 e. The summed E-state index contributed by atoms with van der Waals surface area (Å²) in [6.07, 6.45) is 7.68. The van der Waals surface area contributed by atoms with Crippen molar-refractivity contribution in [1.29, 1.82) is 0 Å². The van der Waals surface area contributed by atoms with Crippen LogP contribution < -0.4 is 14.8 Å². The summed E-state index contributed by atoms with van der Waals surface area (Å²) in [5.74, 6) is 1.15. The van der Waals surface area contributed by atoms with Crippen LogP contribution in [-0.4, -0.2) is 29.6 Å². The summed E-state index contributed by atoms with van der Waals surface area (Å²) >= 11 is 1.51. The number of carbonyl (C=O) groups excluding carboxylic acids is 1. The summed E-state index contributed by atoms with van der Waals surface area (Å²) in [6, 6.07) is 9.23. The number of hydrogen-bond acceptors (Lipinski definition) is 6. The third-order valence-corrected chi connectivity index (χ3v) is 5.31. The number of nitrogens with one attached hydrogen (secondary N) is 1. The highest BCUT2D eigenvalue weighted by molar-refractivity contribution is 7.10. The third kappa shape index (κ3) is 5.67. The molecular weight excluding hydrogens is 398 g/mol. The number of carbonyl (C=O) groups is 1. The van der Waals surface area contributed by atoms with E-state index in [4.69, 9.17) is 9.47 Å². The standard InChI is InChI=1S/C23H25N3O3S/c1-4-12-29-20-9-7-17(13-21(20)28-3)8-10-22(27)25-16(2)23-26-19(15-30-23)18-6-5-11-24-14-18/h5-11,13-16H,4,12H2,1-3H3,(H,25,27). The molecule has 2 heterocycles. The predicted octanol–water partition coefficient (Wildman–Crippen LogP) is 4.89. The number of methoxy groups -OCH3 is 1. The molecule has 156 valence electrons. The molecule has 0 bridgehead atoms. The molecule has 0 saturated carbocycles. The van der Waals surface area contributed by atoms with Gasteiger partial charge in [0.2, 0.25) is 5.91 Å². The summed E-state index contributed by atoms with van der Waals surface area (Å²) in [4.78, 5) is 21.1. The molecule has 0 fully saturated rings. The molecule has 0 aliphatic carbocycles. The minimum absolute atomic E-state index is 0.189. The van der Waals surface area contributed by atoms with E-state index in [1.165, 1.54) is 17.4 Å². The number of ether oxygens (including phenoxy) is 2. The van der Waals surface area contributed by atoms with Gasteiger partial charge in [-0.25, -0.2) is 4.98 Å². The van der Waals surface area contributed by atoms with Crippen molar-refractivity contribution in [3.05, 3.63) is 64.8 Å². The average Bonchev–Trinajstić information content (AvgIpc) is 3.27. The van der Waals surface area contributed by atoms with E-state index in [0.29, 0.717) is 18.1 Å². The maximum absolute atomic E-state index is 12.4. The highest BCUT2D eigenvalue weighted by atomic mass is 32.1. The highest BCUT2D eigenvalue weighted by Gasteiger charge is 2.13. The van der Waals surface area contributed by atoms with Gasteiger partial charge in [-0.05, 0) is 49.2 Å². The minimum atomic E-state index is -0.197. The first-order valence-corrected chi connectivity index (χ1v) is 10.6. The highest BCUT2D eigenvalue weighted by Crippen LogP contribution is 2.29. The normalized spacial score (nSPS) is 12.0. The van der Waals surface area contributed by atoms with E-state index < -0.39 is 0 Å². The monoisotopic (exact) mass is 423 g/mol. The smallest absolute Gasteiger partial charge is 0.244 e. The lowest BCUT2D eigenvalue weighted by molar-refractivity contribution is -0.117. The van der Waals surface area contributed by atoms with Crippen molar-refractivity contribution in [1.82, 2.24) is 15.3 Å². The van der Waals surface area contributed by atoms with Gasteiger partial charge in [-0.2, -0.15) is 0 Å². The zero-order valence-electron chi connectivity index (χ0n) is 17.3. The number of thiazole rings is 1. The van der Waals surface area contributed by atoms with Gasteiger partial charge in [0, 0.05) is 29.4 Å². The van der Waals surface area contributed by atoms with Gasteiger partial charge >= 0.3 is 0 Å². The van der Waals surface area contributed by atoms with Gasteiger partial charge in [-0.1, -0.05) is 13.0 Å². The first kappa shape index (κ1) is 21.5. The molecule has 1 aromatic carbocycles. The molecule has 0 radical (unpaired) electrons. The van der Waals surface area contributed by atoms with Crippen molar-refractivity contribution in [3.8, 4) is 22.8 Å². The van der Waals surface area contributed by atoms with Gasteiger partial charge in [0.15, 0.2) is 11.5 Å². The van der Waals surface area contributed by atoms with Crippen LogP contribution in [0.3, 0.4) is 0 Å². The number of hydrogen-bond donors (Lipinski definition) is 1. The first-order valence-electron chi connectivity index (χ1n) is 9.76. The molecule has 1 atom stereocenters. The van der Waals surface area contributed by atoms with Gasteiger partial charge in [-0.3, -0.25) is 9.78 Å². The zero-order chi connectivity index (χ0) is 21.3. The minimum Gasteiger partial charge on any atom is -0.493 e. The van der Waals surface area contributed by atoms with Crippen LogP contribution in [0, 0.1) is 0 Å². The topological polar surface area (TPSA) is 73.3 Å². The Labute approximate surface area is 180 Å². The number of aromatic nitrogens is 2. The maximum atomic E-state index is 12.4. The number of amides is 1. The average molecular weight is 424 g/mol. The van der Waals surface area contributed by atoms with E-state index in [1.807, 2.05) is 42.6 Å². The summed E-state index contributed by atoms with van der Waals surface area (Å²) in [5, 5.41) is 5.76. The fraction of sp³-hybridized carbons (Fsp3) is 0.261. The van der Waals surface area contributed by atoms with Crippen molar-refractivity contribution in [2.24, 2.45) is 0 Å². The number of benzene rings is 1. The van der Waals surface area contributed by atoms with Crippen LogP contribution in [0.15, 0.2) is 54.2 Å². The SMILES string of the molecule is CCCOc1ccc(C=CC(=O)NC(C)c2nc(-c3cccnc3)cs2)cc1OC. The second-order valence-electron chi connectivity index (χ2n) is 6.64. The van der Waals surface area contributed by atoms with E-state index in [-0.39, 0.29) is 11.9 Å². The molecule has 3 aromatic rings. The molecular formula is C23H25N3O3S. The Morgan fingerprint density at radius 3 is 2.90 bits per heavy atom. The molecule has 1 N–H and O–H groups in total. The summed E-state index contributed by atoms with van der Waals surface area (Å²) in [7, 11) is 1.60. The van der Waals surface area contributed by atoms with Gasteiger partial charge in [-0.15, -0.1) is 11.3 Å². The molecule has 0 aliphatic rings. The predicted molar refractivity (Wildman–Crippen MR) is 120 cm³/mol. The van der Waals surface area contributed by atoms with Crippen molar-refractivity contribution in [3.63, 3.8) is 0 Å². The van der Waals surface area contributed by atoms with Crippen molar-refractivity contribution < 1.29 is 14.3 Å². The molecule has 0 aliphatic heterocycles. The van der Waals surface area contributed by atoms with Crippen molar-refractivity contribution in [2.45, 2.75) is 26.3 Å². The molecule has 30 heavy (non-hydrogen) atoms. The third-order valence-electron chi connectivity index (χ3n) is 4.28. The molecule has 2 aromatic heterocycles. The molecule has 1 unspecified atom stereocenters. The maximum Gasteiger partial charge on any atom is 0.244 e. The summed E-state index contributed by atoms with van der Waals surface area (Å²) in [5.41, 5.74) is 2.67. The zero-order valence-corrected chi connectivity index (χ0v) is 18.1. The van der Waals surface area contributed by atoms with Gasteiger partial charge < -0.3 is 14.8 Å². The Kier molecular flexibility index (Phi) is 7.57. The molecule has 3 rings (SSSR count). The van der Waals surface area contributed by atoms with Crippen molar-refractivity contribution in [2.75, 3.05) is 13.7 Å². The van der Waals surface area contributed by atoms with E-state index in [0.717, 1.165) is 28.2 Å². The van der Waals surface area contributed by atoms with Crippen molar-refractivity contribution >= 4 is 23.3 Å². The fourth-order valence-electron chi connectivity index (χ4n) is 2.75.